The fraction of sp³-hybridized carbons (Fsp3) is 0.125. The number of benzene rings is 1. The second-order valence-corrected chi connectivity index (χ2v) is 5.73. The number of para-hydroxylation sites is 1. The van der Waals surface area contributed by atoms with Crippen LogP contribution in [0.15, 0.2) is 47.8 Å². The summed E-state index contributed by atoms with van der Waals surface area (Å²) in [4.78, 5) is 13.4. The van der Waals surface area contributed by atoms with E-state index in [0.29, 0.717) is 5.69 Å². The number of anilines is 1. The van der Waals surface area contributed by atoms with Crippen molar-refractivity contribution in [2.75, 3.05) is 5.32 Å². The Balaban J connectivity index is 1.86. The summed E-state index contributed by atoms with van der Waals surface area (Å²) in [5.74, 6) is -0.192. The molecule has 0 bridgehead atoms. The zero-order valence-electron chi connectivity index (χ0n) is 11.8. The monoisotopic (exact) mass is 297 g/mol. The number of nitrogens with one attached hydrogen (secondary N) is 1. The van der Waals surface area contributed by atoms with E-state index in [2.05, 4.69) is 10.4 Å². The number of amides is 1. The lowest BCUT2D eigenvalue weighted by molar-refractivity contribution is 0.102. The Morgan fingerprint density at radius 2 is 2.05 bits per heavy atom. The van der Waals surface area contributed by atoms with Crippen molar-refractivity contribution in [3.8, 4) is 10.6 Å². The third-order valence-electron chi connectivity index (χ3n) is 3.28. The summed E-state index contributed by atoms with van der Waals surface area (Å²) in [6.07, 6.45) is 0. The molecular formula is C16H15N3OS. The van der Waals surface area contributed by atoms with Crippen molar-refractivity contribution in [3.63, 3.8) is 0 Å². The summed E-state index contributed by atoms with van der Waals surface area (Å²) in [5.41, 5.74) is 3.20. The maximum absolute atomic E-state index is 12.3. The Morgan fingerprint density at radius 3 is 2.76 bits per heavy atom. The first-order valence-corrected chi connectivity index (χ1v) is 7.48. The van der Waals surface area contributed by atoms with Gasteiger partial charge in [-0.15, -0.1) is 11.3 Å². The number of hydrogen-bond donors (Lipinski definition) is 1. The van der Waals surface area contributed by atoms with Crippen LogP contribution in [0.5, 0.6) is 0 Å². The van der Waals surface area contributed by atoms with E-state index in [1.54, 1.807) is 16.0 Å². The molecule has 2 heterocycles. The third-order valence-corrected chi connectivity index (χ3v) is 4.17. The SMILES string of the molecule is Cc1ccccc1NC(=O)c1cc(-c2cccs2)n(C)n1. The van der Waals surface area contributed by atoms with E-state index in [4.69, 9.17) is 0 Å². The molecule has 0 unspecified atom stereocenters. The Kier molecular flexibility index (Phi) is 3.58. The van der Waals surface area contributed by atoms with Crippen molar-refractivity contribution >= 4 is 22.9 Å². The highest BCUT2D eigenvalue weighted by Crippen LogP contribution is 2.25. The van der Waals surface area contributed by atoms with Gasteiger partial charge in [-0.3, -0.25) is 9.48 Å². The maximum Gasteiger partial charge on any atom is 0.276 e. The van der Waals surface area contributed by atoms with Gasteiger partial charge >= 0.3 is 0 Å². The highest BCUT2D eigenvalue weighted by Gasteiger charge is 2.15. The summed E-state index contributed by atoms with van der Waals surface area (Å²) in [6.45, 7) is 1.96. The minimum absolute atomic E-state index is 0.192. The Hall–Kier alpha value is -2.40. The van der Waals surface area contributed by atoms with Gasteiger partial charge in [0.2, 0.25) is 0 Å². The minimum atomic E-state index is -0.192. The molecule has 0 atom stereocenters. The van der Waals surface area contributed by atoms with Gasteiger partial charge in [-0.2, -0.15) is 5.10 Å². The number of aromatic nitrogens is 2. The van der Waals surface area contributed by atoms with Gasteiger partial charge in [0.25, 0.3) is 5.91 Å². The van der Waals surface area contributed by atoms with Crippen molar-refractivity contribution in [1.29, 1.82) is 0 Å². The summed E-state index contributed by atoms with van der Waals surface area (Å²) >= 11 is 1.63. The molecule has 0 aliphatic rings. The summed E-state index contributed by atoms with van der Waals surface area (Å²) < 4.78 is 1.73. The first-order valence-electron chi connectivity index (χ1n) is 6.60. The number of thiophene rings is 1. The van der Waals surface area contributed by atoms with Gasteiger partial charge < -0.3 is 5.32 Å². The summed E-state index contributed by atoms with van der Waals surface area (Å²) in [5, 5.41) is 9.21. The van der Waals surface area contributed by atoms with E-state index in [0.717, 1.165) is 21.8 Å². The topological polar surface area (TPSA) is 46.9 Å². The number of aryl methyl sites for hydroxylation is 2. The molecule has 2 aromatic heterocycles. The number of carbonyl (C=O) groups is 1. The molecule has 1 amide bonds. The van der Waals surface area contributed by atoms with Crippen LogP contribution in [0.1, 0.15) is 16.1 Å². The number of carbonyl (C=O) groups excluding carboxylic acids is 1. The van der Waals surface area contributed by atoms with Gasteiger partial charge in [0.05, 0.1) is 10.6 Å². The molecule has 1 N–H and O–H groups in total. The molecule has 3 rings (SSSR count). The van der Waals surface area contributed by atoms with E-state index < -0.39 is 0 Å². The lowest BCUT2D eigenvalue weighted by Crippen LogP contribution is -2.13. The van der Waals surface area contributed by atoms with Gasteiger partial charge in [-0.1, -0.05) is 24.3 Å². The number of rotatable bonds is 3. The second-order valence-electron chi connectivity index (χ2n) is 4.78. The van der Waals surface area contributed by atoms with E-state index >= 15 is 0 Å². The molecule has 21 heavy (non-hydrogen) atoms. The van der Waals surface area contributed by atoms with Crippen molar-refractivity contribution in [2.45, 2.75) is 6.92 Å². The molecule has 1 aromatic carbocycles. The Morgan fingerprint density at radius 1 is 1.24 bits per heavy atom. The molecule has 0 saturated heterocycles. The molecule has 0 fully saturated rings. The van der Waals surface area contributed by atoms with Crippen molar-refractivity contribution < 1.29 is 4.79 Å². The molecule has 106 valence electrons. The van der Waals surface area contributed by atoms with Gasteiger partial charge in [0.1, 0.15) is 0 Å². The first kappa shape index (κ1) is 13.6. The third kappa shape index (κ3) is 2.73. The van der Waals surface area contributed by atoms with E-state index in [9.17, 15) is 4.79 Å². The van der Waals surface area contributed by atoms with Crippen molar-refractivity contribution in [2.24, 2.45) is 7.05 Å². The fourth-order valence-electron chi connectivity index (χ4n) is 2.13. The van der Waals surface area contributed by atoms with Crippen molar-refractivity contribution in [3.05, 3.63) is 59.1 Å². The quantitative estimate of drug-likeness (QED) is 0.801. The zero-order valence-corrected chi connectivity index (χ0v) is 12.6. The first-order chi connectivity index (χ1) is 10.1. The average Bonchev–Trinajstić information content (AvgIpc) is 3.10. The van der Waals surface area contributed by atoms with Crippen LogP contribution >= 0.6 is 11.3 Å². The van der Waals surface area contributed by atoms with Gasteiger partial charge in [0, 0.05) is 12.7 Å². The van der Waals surface area contributed by atoms with Crippen LogP contribution in [0.4, 0.5) is 5.69 Å². The van der Waals surface area contributed by atoms with Crippen molar-refractivity contribution in [1.82, 2.24) is 9.78 Å². The fourth-order valence-corrected chi connectivity index (χ4v) is 2.91. The van der Waals surface area contributed by atoms with E-state index in [-0.39, 0.29) is 5.91 Å². The van der Waals surface area contributed by atoms with Crippen LogP contribution < -0.4 is 5.32 Å². The van der Waals surface area contributed by atoms with Crippen LogP contribution in [0, 0.1) is 6.92 Å². The lowest BCUT2D eigenvalue weighted by atomic mass is 10.2. The standard InChI is InChI=1S/C16H15N3OS/c1-11-6-3-4-7-12(11)17-16(20)13-10-14(19(2)18-13)15-8-5-9-21-15/h3-10H,1-2H3,(H,17,20). The van der Waals surface area contributed by atoms with E-state index in [1.165, 1.54) is 0 Å². The highest BCUT2D eigenvalue weighted by atomic mass is 32.1. The van der Waals surface area contributed by atoms with Crippen LogP contribution in [0.3, 0.4) is 0 Å². The zero-order chi connectivity index (χ0) is 14.8. The van der Waals surface area contributed by atoms with Crippen LogP contribution in [-0.4, -0.2) is 15.7 Å². The predicted molar refractivity (Wildman–Crippen MR) is 85.7 cm³/mol. The Labute approximate surface area is 127 Å². The van der Waals surface area contributed by atoms with Crippen LogP contribution in [0.25, 0.3) is 10.6 Å². The van der Waals surface area contributed by atoms with Crippen LogP contribution in [-0.2, 0) is 7.05 Å². The maximum atomic E-state index is 12.3. The Bertz CT molecular complexity index is 775. The predicted octanol–water partition coefficient (Wildman–Crippen LogP) is 3.71. The van der Waals surface area contributed by atoms with Crippen LogP contribution in [0.2, 0.25) is 0 Å². The molecule has 0 aliphatic carbocycles. The molecule has 5 heteroatoms. The smallest absolute Gasteiger partial charge is 0.276 e. The summed E-state index contributed by atoms with van der Waals surface area (Å²) in [7, 11) is 1.85. The largest absolute Gasteiger partial charge is 0.320 e. The normalized spacial score (nSPS) is 10.6. The van der Waals surface area contributed by atoms with Gasteiger partial charge in [-0.25, -0.2) is 0 Å². The van der Waals surface area contributed by atoms with E-state index in [1.807, 2.05) is 61.8 Å². The second kappa shape index (κ2) is 5.54. The molecule has 0 saturated carbocycles. The average molecular weight is 297 g/mol. The minimum Gasteiger partial charge on any atom is -0.320 e. The number of hydrogen-bond acceptors (Lipinski definition) is 3. The molecule has 3 aromatic rings. The molecule has 0 aliphatic heterocycles. The molecule has 4 nitrogen and oxygen atoms in total. The highest BCUT2D eigenvalue weighted by molar-refractivity contribution is 7.13. The van der Waals surface area contributed by atoms with Gasteiger partial charge in [-0.05, 0) is 36.1 Å². The number of nitrogens with zero attached hydrogens (tertiary/aromatic N) is 2. The van der Waals surface area contributed by atoms with Gasteiger partial charge in [0.15, 0.2) is 5.69 Å². The lowest BCUT2D eigenvalue weighted by Gasteiger charge is -2.05. The summed E-state index contributed by atoms with van der Waals surface area (Å²) in [6, 6.07) is 13.5. The molecule has 0 radical (unpaired) electrons. The molecule has 0 spiro atoms. The molecular weight excluding hydrogens is 282 g/mol.